The van der Waals surface area contributed by atoms with Gasteiger partial charge >= 0.3 is 0 Å². The zero-order valence-electron chi connectivity index (χ0n) is 12.6. The molecule has 0 spiro atoms. The Kier molecular flexibility index (Phi) is 6.46. The van der Waals surface area contributed by atoms with Gasteiger partial charge in [-0.05, 0) is 23.8 Å². The van der Waals surface area contributed by atoms with Crippen molar-refractivity contribution in [1.82, 2.24) is 0 Å². The van der Waals surface area contributed by atoms with Crippen molar-refractivity contribution in [2.75, 3.05) is 5.32 Å². The van der Waals surface area contributed by atoms with E-state index in [9.17, 15) is 20.2 Å². The number of nitro groups is 1. The molecule has 0 fully saturated rings. The summed E-state index contributed by atoms with van der Waals surface area (Å²) < 4.78 is 0. The molecule has 0 saturated carbocycles. The molecule has 0 bridgehead atoms. The molecule has 0 heterocycles. The molecular weight excluding hydrogens is 424 g/mol. The Morgan fingerprint density at radius 1 is 1.08 bits per heavy atom. The second-order valence-corrected chi connectivity index (χ2v) is 6.47. The first kappa shape index (κ1) is 20.0. The normalized spacial score (nSPS) is 11.0. The number of carbonyl (C=O) groups excluding carboxylic acids is 1. The van der Waals surface area contributed by atoms with E-state index >= 15 is 0 Å². The number of hydrogen-bond donors (Lipinski definition) is 1. The number of hydrogen-bond acceptors (Lipinski definition) is 4. The second-order valence-electron chi connectivity index (χ2n) is 4.84. The summed E-state index contributed by atoms with van der Waals surface area (Å²) in [4.78, 5) is 22.4. The van der Waals surface area contributed by atoms with Crippen LogP contribution >= 0.6 is 46.4 Å². The summed E-state index contributed by atoms with van der Waals surface area (Å²) >= 11 is 23.6. The number of nitriles is 1. The Morgan fingerprint density at radius 2 is 1.69 bits per heavy atom. The monoisotopic (exact) mass is 429 g/mol. The van der Waals surface area contributed by atoms with Gasteiger partial charge in [-0.3, -0.25) is 14.9 Å². The molecule has 0 atom stereocenters. The van der Waals surface area contributed by atoms with E-state index in [1.165, 1.54) is 18.2 Å². The first-order valence-electron chi connectivity index (χ1n) is 6.74. The number of non-ortho nitro benzene ring substituents is 1. The maximum absolute atomic E-state index is 12.3. The van der Waals surface area contributed by atoms with Crippen LogP contribution < -0.4 is 5.32 Å². The van der Waals surface area contributed by atoms with Gasteiger partial charge in [0.2, 0.25) is 0 Å². The first-order valence-corrected chi connectivity index (χ1v) is 8.25. The highest BCUT2D eigenvalue weighted by Gasteiger charge is 2.18. The molecular formula is C16H7Cl4N3O3. The zero-order valence-corrected chi connectivity index (χ0v) is 15.6. The molecule has 0 aliphatic carbocycles. The number of benzene rings is 2. The number of nitrogens with one attached hydrogen (secondary N) is 1. The predicted octanol–water partition coefficient (Wildman–Crippen LogP) is 5.75. The fraction of sp³-hybridized carbons (Fsp3) is 0. The minimum atomic E-state index is -0.795. The molecule has 1 N–H and O–H groups in total. The van der Waals surface area contributed by atoms with Gasteiger partial charge in [0.1, 0.15) is 11.6 Å². The van der Waals surface area contributed by atoms with E-state index in [1.54, 1.807) is 12.1 Å². The summed E-state index contributed by atoms with van der Waals surface area (Å²) in [6, 6.07) is 8.41. The first-order chi connectivity index (χ1) is 12.2. The smallest absolute Gasteiger partial charge is 0.272 e. The lowest BCUT2D eigenvalue weighted by molar-refractivity contribution is -0.384. The average molecular weight is 431 g/mol. The van der Waals surface area contributed by atoms with Gasteiger partial charge in [-0.25, -0.2) is 0 Å². The molecule has 2 rings (SSSR count). The third kappa shape index (κ3) is 4.65. The number of rotatable bonds is 4. The molecule has 10 heteroatoms. The van der Waals surface area contributed by atoms with Crippen LogP contribution in [0.25, 0.3) is 6.08 Å². The third-order valence-electron chi connectivity index (χ3n) is 3.10. The van der Waals surface area contributed by atoms with Crippen molar-refractivity contribution in [1.29, 1.82) is 5.26 Å². The Balaban J connectivity index is 2.33. The average Bonchev–Trinajstić information content (AvgIpc) is 2.58. The Morgan fingerprint density at radius 3 is 2.19 bits per heavy atom. The third-order valence-corrected chi connectivity index (χ3v) is 4.43. The largest absolute Gasteiger partial charge is 0.319 e. The van der Waals surface area contributed by atoms with E-state index in [-0.39, 0.29) is 32.0 Å². The van der Waals surface area contributed by atoms with Crippen LogP contribution in [-0.4, -0.2) is 10.8 Å². The van der Waals surface area contributed by atoms with Crippen LogP contribution in [-0.2, 0) is 4.79 Å². The maximum Gasteiger partial charge on any atom is 0.272 e. The molecule has 0 aliphatic heterocycles. The van der Waals surface area contributed by atoms with Gasteiger partial charge < -0.3 is 5.32 Å². The highest BCUT2D eigenvalue weighted by atomic mass is 35.5. The predicted molar refractivity (Wildman–Crippen MR) is 102 cm³/mol. The fourth-order valence-corrected chi connectivity index (χ4v) is 2.76. The van der Waals surface area contributed by atoms with Crippen molar-refractivity contribution in [3.63, 3.8) is 0 Å². The number of anilines is 1. The van der Waals surface area contributed by atoms with E-state index in [0.717, 1.165) is 12.1 Å². The molecule has 2 aromatic carbocycles. The summed E-state index contributed by atoms with van der Waals surface area (Å²) in [6.45, 7) is 0. The Hall–Kier alpha value is -2.30. The van der Waals surface area contributed by atoms with E-state index in [1.807, 2.05) is 0 Å². The van der Waals surface area contributed by atoms with Crippen LogP contribution in [0.4, 0.5) is 11.4 Å². The summed E-state index contributed by atoms with van der Waals surface area (Å²) in [7, 11) is 0. The minimum Gasteiger partial charge on any atom is -0.319 e. The number of halogens is 4. The molecule has 26 heavy (non-hydrogen) atoms. The van der Waals surface area contributed by atoms with Crippen molar-refractivity contribution >= 4 is 69.8 Å². The van der Waals surface area contributed by atoms with Crippen molar-refractivity contribution < 1.29 is 9.72 Å². The topological polar surface area (TPSA) is 96.0 Å². The lowest BCUT2D eigenvalue weighted by atomic mass is 10.1. The molecule has 0 saturated heterocycles. The van der Waals surface area contributed by atoms with E-state index < -0.39 is 10.8 Å². The lowest BCUT2D eigenvalue weighted by Gasteiger charge is -2.09. The van der Waals surface area contributed by atoms with Gasteiger partial charge in [-0.2, -0.15) is 5.26 Å². The van der Waals surface area contributed by atoms with E-state index in [2.05, 4.69) is 5.32 Å². The quantitative estimate of drug-likeness (QED) is 0.289. The summed E-state index contributed by atoms with van der Waals surface area (Å²) in [6.07, 6.45) is 1.30. The maximum atomic E-state index is 12.3. The Labute approximate surface area is 167 Å². The molecule has 1 amide bonds. The number of nitrogens with zero attached hydrogens (tertiary/aromatic N) is 2. The van der Waals surface area contributed by atoms with Gasteiger partial charge in [0.25, 0.3) is 11.6 Å². The molecule has 0 unspecified atom stereocenters. The van der Waals surface area contributed by atoms with Gasteiger partial charge in [-0.15, -0.1) is 0 Å². The summed E-state index contributed by atoms with van der Waals surface area (Å²) in [5, 5.41) is 22.7. The minimum absolute atomic E-state index is 0.0424. The molecule has 0 aliphatic rings. The van der Waals surface area contributed by atoms with Crippen LogP contribution in [0.5, 0.6) is 0 Å². The SMILES string of the molecule is N#C/C(=C\c1ccc(Cl)c(Cl)c1)C(=O)Nc1c(Cl)cc([N+](=O)[O-])cc1Cl. The molecule has 2 aromatic rings. The van der Waals surface area contributed by atoms with Gasteiger partial charge in [0.15, 0.2) is 0 Å². The molecule has 0 aromatic heterocycles. The molecule has 6 nitrogen and oxygen atoms in total. The van der Waals surface area contributed by atoms with E-state index in [4.69, 9.17) is 46.4 Å². The highest BCUT2D eigenvalue weighted by Crippen LogP contribution is 2.35. The number of carbonyl (C=O) groups is 1. The molecule has 0 radical (unpaired) electrons. The van der Waals surface area contributed by atoms with Gasteiger partial charge in [-0.1, -0.05) is 52.5 Å². The van der Waals surface area contributed by atoms with E-state index in [0.29, 0.717) is 10.6 Å². The zero-order chi connectivity index (χ0) is 19.4. The van der Waals surface area contributed by atoms with Crippen molar-refractivity contribution in [3.05, 3.63) is 71.7 Å². The standard InChI is InChI=1S/C16H7Cl4N3O3/c17-11-2-1-8(4-12(11)18)3-9(7-21)16(24)22-15-13(19)5-10(23(25)26)6-14(15)20/h1-6H,(H,22,24)/b9-3+. The second kappa shape index (κ2) is 8.39. The molecule has 132 valence electrons. The summed E-state index contributed by atoms with van der Waals surface area (Å²) in [5.41, 5.74) is -0.148. The van der Waals surface area contributed by atoms with Crippen LogP contribution in [0, 0.1) is 21.4 Å². The van der Waals surface area contributed by atoms with Crippen LogP contribution in [0.15, 0.2) is 35.9 Å². The number of nitro benzene ring substituents is 1. The van der Waals surface area contributed by atoms with Gasteiger partial charge in [0.05, 0.1) is 30.7 Å². The lowest BCUT2D eigenvalue weighted by Crippen LogP contribution is -2.14. The Bertz CT molecular complexity index is 960. The summed E-state index contributed by atoms with van der Waals surface area (Å²) in [5.74, 6) is -0.795. The van der Waals surface area contributed by atoms with Crippen LogP contribution in [0.3, 0.4) is 0 Å². The van der Waals surface area contributed by atoms with Crippen molar-refractivity contribution in [2.45, 2.75) is 0 Å². The van der Waals surface area contributed by atoms with Crippen molar-refractivity contribution in [3.8, 4) is 6.07 Å². The highest BCUT2D eigenvalue weighted by molar-refractivity contribution is 6.42. The van der Waals surface area contributed by atoms with Crippen molar-refractivity contribution in [2.24, 2.45) is 0 Å². The fourth-order valence-electron chi connectivity index (χ4n) is 1.88. The van der Waals surface area contributed by atoms with Crippen LogP contribution in [0.1, 0.15) is 5.56 Å². The number of amides is 1. The van der Waals surface area contributed by atoms with Gasteiger partial charge in [0, 0.05) is 12.1 Å². The van der Waals surface area contributed by atoms with Crippen LogP contribution in [0.2, 0.25) is 20.1 Å².